The van der Waals surface area contributed by atoms with Crippen LogP contribution in [0.1, 0.15) is 34.3 Å². The molecule has 0 spiro atoms. The SMILES string of the molecule is Cc1ccc(C#CCO)c(C(=O)NCC2CCSCC2)c1. The van der Waals surface area contributed by atoms with E-state index in [0.29, 0.717) is 17.0 Å². The number of carbonyl (C=O) groups is 1. The van der Waals surface area contributed by atoms with Gasteiger partial charge in [0, 0.05) is 12.1 Å². The maximum Gasteiger partial charge on any atom is 0.252 e. The van der Waals surface area contributed by atoms with Crippen LogP contribution in [0.15, 0.2) is 18.2 Å². The normalized spacial score (nSPS) is 15.1. The first-order valence-corrected chi connectivity index (χ1v) is 8.42. The monoisotopic (exact) mass is 303 g/mol. The van der Waals surface area contributed by atoms with Gasteiger partial charge in [-0.2, -0.15) is 11.8 Å². The second-order valence-corrected chi connectivity index (χ2v) is 6.50. The molecule has 1 aliphatic heterocycles. The lowest BCUT2D eigenvalue weighted by molar-refractivity contribution is 0.0946. The molecule has 2 N–H and O–H groups in total. The van der Waals surface area contributed by atoms with Gasteiger partial charge in [0.2, 0.25) is 0 Å². The number of aliphatic hydroxyl groups excluding tert-OH is 1. The Labute approximate surface area is 130 Å². The number of rotatable bonds is 3. The first-order chi connectivity index (χ1) is 10.2. The smallest absolute Gasteiger partial charge is 0.252 e. The second-order valence-electron chi connectivity index (χ2n) is 5.27. The molecule has 1 aromatic carbocycles. The van der Waals surface area contributed by atoms with E-state index in [1.807, 2.05) is 36.9 Å². The average molecular weight is 303 g/mol. The third kappa shape index (κ3) is 4.80. The molecule has 0 aliphatic carbocycles. The third-order valence-electron chi connectivity index (χ3n) is 3.61. The van der Waals surface area contributed by atoms with Gasteiger partial charge in [0.25, 0.3) is 5.91 Å². The van der Waals surface area contributed by atoms with Crippen LogP contribution in [0.5, 0.6) is 0 Å². The molecule has 21 heavy (non-hydrogen) atoms. The summed E-state index contributed by atoms with van der Waals surface area (Å²) in [5.41, 5.74) is 2.30. The molecular formula is C17H21NO2S. The fraction of sp³-hybridized carbons (Fsp3) is 0.471. The van der Waals surface area contributed by atoms with Gasteiger partial charge in [-0.3, -0.25) is 4.79 Å². The van der Waals surface area contributed by atoms with Crippen molar-refractivity contribution in [3.63, 3.8) is 0 Å². The van der Waals surface area contributed by atoms with Crippen LogP contribution < -0.4 is 5.32 Å². The van der Waals surface area contributed by atoms with Gasteiger partial charge in [0.05, 0.1) is 5.56 Å². The van der Waals surface area contributed by atoms with Gasteiger partial charge < -0.3 is 10.4 Å². The van der Waals surface area contributed by atoms with Crippen molar-refractivity contribution in [1.29, 1.82) is 0 Å². The van der Waals surface area contributed by atoms with E-state index in [-0.39, 0.29) is 12.5 Å². The zero-order chi connectivity index (χ0) is 15.1. The first kappa shape index (κ1) is 15.9. The summed E-state index contributed by atoms with van der Waals surface area (Å²) < 4.78 is 0. The maximum atomic E-state index is 12.4. The summed E-state index contributed by atoms with van der Waals surface area (Å²) in [6.45, 7) is 2.49. The Morgan fingerprint density at radius 1 is 1.43 bits per heavy atom. The number of aryl methyl sites for hydroxylation is 1. The highest BCUT2D eigenvalue weighted by molar-refractivity contribution is 7.99. The molecule has 1 amide bonds. The van der Waals surface area contributed by atoms with E-state index < -0.39 is 0 Å². The lowest BCUT2D eigenvalue weighted by Crippen LogP contribution is -2.31. The molecule has 1 fully saturated rings. The standard InChI is InChI=1S/C17H21NO2S/c1-13-4-5-15(3-2-8-19)16(11-13)17(20)18-12-14-6-9-21-10-7-14/h4-5,11,14,19H,6-10,12H2,1H3,(H,18,20). The molecule has 0 saturated carbocycles. The maximum absolute atomic E-state index is 12.4. The average Bonchev–Trinajstić information content (AvgIpc) is 2.52. The lowest BCUT2D eigenvalue weighted by atomic mass is 10.0. The van der Waals surface area contributed by atoms with Gasteiger partial charge >= 0.3 is 0 Å². The Morgan fingerprint density at radius 3 is 2.90 bits per heavy atom. The van der Waals surface area contributed by atoms with E-state index >= 15 is 0 Å². The molecule has 1 aliphatic rings. The molecule has 1 heterocycles. The van der Waals surface area contributed by atoms with Crippen LogP contribution in [0.4, 0.5) is 0 Å². The van der Waals surface area contributed by atoms with Gasteiger partial charge in [0.1, 0.15) is 6.61 Å². The molecule has 4 heteroatoms. The minimum atomic E-state index is -0.200. The molecule has 0 aromatic heterocycles. The van der Waals surface area contributed by atoms with E-state index in [9.17, 15) is 4.79 Å². The van der Waals surface area contributed by atoms with Crippen molar-refractivity contribution in [2.45, 2.75) is 19.8 Å². The van der Waals surface area contributed by atoms with Gasteiger partial charge in [-0.1, -0.05) is 23.5 Å². The molecule has 3 nitrogen and oxygen atoms in total. The zero-order valence-electron chi connectivity index (χ0n) is 12.3. The molecule has 0 bridgehead atoms. The second kappa shape index (κ2) is 8.11. The van der Waals surface area contributed by atoms with Crippen LogP contribution in [0.2, 0.25) is 0 Å². The predicted octanol–water partition coefficient (Wildman–Crippen LogP) is 2.21. The van der Waals surface area contributed by atoms with Gasteiger partial charge in [-0.15, -0.1) is 0 Å². The third-order valence-corrected chi connectivity index (χ3v) is 4.66. The molecule has 1 aromatic rings. The van der Waals surface area contributed by atoms with Gasteiger partial charge in [-0.25, -0.2) is 0 Å². The van der Waals surface area contributed by atoms with Crippen molar-refractivity contribution in [1.82, 2.24) is 5.32 Å². The van der Waals surface area contributed by atoms with Crippen LogP contribution in [-0.2, 0) is 0 Å². The molecule has 0 unspecified atom stereocenters. The van der Waals surface area contributed by atoms with E-state index in [1.165, 1.54) is 24.3 Å². The quantitative estimate of drug-likeness (QED) is 0.842. The van der Waals surface area contributed by atoms with Crippen LogP contribution >= 0.6 is 11.8 Å². The van der Waals surface area contributed by atoms with E-state index in [1.54, 1.807) is 0 Å². The summed E-state index contributed by atoms with van der Waals surface area (Å²) in [4.78, 5) is 12.4. The fourth-order valence-electron chi connectivity index (χ4n) is 2.37. The number of nitrogens with one attached hydrogen (secondary N) is 1. The summed E-state index contributed by atoms with van der Waals surface area (Å²) in [6.07, 6.45) is 2.35. The lowest BCUT2D eigenvalue weighted by Gasteiger charge is -2.21. The highest BCUT2D eigenvalue weighted by Crippen LogP contribution is 2.22. The number of hydrogen-bond donors (Lipinski definition) is 2. The highest BCUT2D eigenvalue weighted by atomic mass is 32.2. The minimum absolute atomic E-state index is 0.0702. The number of amides is 1. The van der Waals surface area contributed by atoms with Gasteiger partial charge in [0.15, 0.2) is 0 Å². The number of carbonyl (C=O) groups excluding carboxylic acids is 1. The molecule has 112 valence electrons. The van der Waals surface area contributed by atoms with Crippen molar-refractivity contribution in [2.75, 3.05) is 24.7 Å². The van der Waals surface area contributed by atoms with Crippen LogP contribution in [0.25, 0.3) is 0 Å². The number of benzene rings is 1. The van der Waals surface area contributed by atoms with Crippen LogP contribution in [0.3, 0.4) is 0 Å². The number of thioether (sulfide) groups is 1. The topological polar surface area (TPSA) is 49.3 Å². The Hall–Kier alpha value is -1.44. The van der Waals surface area contributed by atoms with Crippen molar-refractivity contribution in [3.8, 4) is 11.8 Å². The molecule has 1 saturated heterocycles. The van der Waals surface area contributed by atoms with Crippen molar-refractivity contribution in [2.24, 2.45) is 5.92 Å². The Balaban J connectivity index is 2.04. The minimum Gasteiger partial charge on any atom is -0.384 e. The molecular weight excluding hydrogens is 282 g/mol. The first-order valence-electron chi connectivity index (χ1n) is 7.27. The molecule has 0 atom stereocenters. The highest BCUT2D eigenvalue weighted by Gasteiger charge is 2.16. The van der Waals surface area contributed by atoms with Crippen LogP contribution in [0, 0.1) is 24.7 Å². The Kier molecular flexibility index (Phi) is 6.16. The number of hydrogen-bond acceptors (Lipinski definition) is 3. The Morgan fingerprint density at radius 2 is 2.19 bits per heavy atom. The summed E-state index contributed by atoms with van der Waals surface area (Å²) >= 11 is 1.99. The number of aliphatic hydroxyl groups is 1. The van der Waals surface area contributed by atoms with E-state index in [4.69, 9.17) is 5.11 Å². The van der Waals surface area contributed by atoms with Crippen molar-refractivity contribution < 1.29 is 9.90 Å². The molecule has 0 radical (unpaired) electrons. The Bertz CT molecular complexity index is 554. The van der Waals surface area contributed by atoms with Crippen molar-refractivity contribution >= 4 is 17.7 Å². The zero-order valence-corrected chi connectivity index (χ0v) is 13.1. The summed E-state index contributed by atoms with van der Waals surface area (Å²) in [6, 6.07) is 5.62. The van der Waals surface area contributed by atoms with Crippen LogP contribution in [-0.4, -0.2) is 35.7 Å². The molecule has 2 rings (SSSR count). The fourth-order valence-corrected chi connectivity index (χ4v) is 3.58. The van der Waals surface area contributed by atoms with Gasteiger partial charge in [-0.05, 0) is 49.3 Å². The largest absolute Gasteiger partial charge is 0.384 e. The summed E-state index contributed by atoms with van der Waals surface area (Å²) in [5.74, 6) is 8.36. The van der Waals surface area contributed by atoms with E-state index in [0.717, 1.165) is 12.1 Å². The summed E-state index contributed by atoms with van der Waals surface area (Å²) in [5, 5.41) is 11.8. The summed E-state index contributed by atoms with van der Waals surface area (Å²) in [7, 11) is 0. The predicted molar refractivity (Wildman–Crippen MR) is 87.5 cm³/mol. The van der Waals surface area contributed by atoms with Crippen molar-refractivity contribution in [3.05, 3.63) is 34.9 Å². The van der Waals surface area contributed by atoms with E-state index in [2.05, 4.69) is 17.2 Å².